The maximum Gasteiger partial charge on any atom is 0.422 e. The van der Waals surface area contributed by atoms with E-state index in [4.69, 9.17) is 9.47 Å². The van der Waals surface area contributed by atoms with Crippen LogP contribution in [0.5, 0.6) is 11.5 Å². The number of aromatic nitrogens is 1. The van der Waals surface area contributed by atoms with Gasteiger partial charge in [-0.2, -0.15) is 13.2 Å². The lowest BCUT2D eigenvalue weighted by molar-refractivity contribution is -0.384. The lowest BCUT2D eigenvalue weighted by Gasteiger charge is -2.39. The molecule has 0 amide bonds. The molecule has 3 aromatic carbocycles. The quantitative estimate of drug-likeness (QED) is 0.112. The number of rotatable bonds is 9. The van der Waals surface area contributed by atoms with Crippen molar-refractivity contribution < 1.29 is 37.5 Å². The second-order valence-corrected chi connectivity index (χ2v) is 10.6. The summed E-state index contributed by atoms with van der Waals surface area (Å²) in [6.45, 7) is 1.13. The van der Waals surface area contributed by atoms with Crippen molar-refractivity contribution in [2.24, 2.45) is 0 Å². The maximum absolute atomic E-state index is 14.8. The van der Waals surface area contributed by atoms with Crippen molar-refractivity contribution >= 4 is 22.6 Å². The van der Waals surface area contributed by atoms with Crippen LogP contribution in [0.4, 0.5) is 18.9 Å². The van der Waals surface area contributed by atoms with Crippen molar-refractivity contribution in [3.63, 3.8) is 0 Å². The van der Waals surface area contributed by atoms with Crippen molar-refractivity contribution in [1.82, 2.24) is 9.47 Å². The number of carbonyl (C=O) groups excluding carboxylic acids is 1. The lowest BCUT2D eigenvalue weighted by Crippen LogP contribution is -2.53. The Hall–Kier alpha value is -4.42. The monoisotopic (exact) mass is 597 g/mol. The number of alkyl halides is 3. The number of benzene rings is 3. The summed E-state index contributed by atoms with van der Waals surface area (Å²) in [5.74, 6) is 0.122. The van der Waals surface area contributed by atoms with E-state index in [2.05, 4.69) is 0 Å². The first kappa shape index (κ1) is 30.1. The zero-order chi connectivity index (χ0) is 30.8. The molecule has 1 aromatic heterocycles. The molecule has 0 saturated carbocycles. The third-order valence-electron chi connectivity index (χ3n) is 7.57. The molecule has 1 saturated heterocycles. The number of nitrogens with zero attached hydrogens (tertiary/aromatic N) is 3. The zero-order valence-corrected chi connectivity index (χ0v) is 23.3. The highest BCUT2D eigenvalue weighted by Gasteiger charge is 2.57. The van der Waals surface area contributed by atoms with Crippen molar-refractivity contribution in [3.8, 4) is 11.5 Å². The van der Waals surface area contributed by atoms with Gasteiger partial charge in [-0.3, -0.25) is 19.8 Å². The number of fused-ring (bicyclic) bond motifs is 1. The largest absolute Gasteiger partial charge is 0.486 e. The van der Waals surface area contributed by atoms with E-state index in [9.17, 15) is 33.2 Å². The van der Waals surface area contributed by atoms with Crippen LogP contribution in [-0.2, 0) is 16.9 Å². The Morgan fingerprint density at radius 1 is 1.02 bits per heavy atom. The molecule has 5 rings (SSSR count). The van der Waals surface area contributed by atoms with E-state index >= 15 is 0 Å². The fraction of sp³-hybridized carbons (Fsp3) is 0.323. The normalized spacial score (nSPS) is 16.1. The first-order valence-corrected chi connectivity index (χ1v) is 13.7. The van der Waals surface area contributed by atoms with E-state index < -0.39 is 29.2 Å². The van der Waals surface area contributed by atoms with Crippen LogP contribution in [-0.4, -0.2) is 57.4 Å². The standard InChI is InChI=1S/C31H30F3N3O6/c1-21(38)42-28-9-5-6-10-29(28)43-24-13-15-35(16-14-24)20-30(39,31(32,33)34)26-19-36(18-22-7-3-2-4-8-22)27-17-23(37(40)41)11-12-25(26)27/h2-12,17,19,24,39H,13-16,18,20H2,1H3. The molecule has 43 heavy (non-hydrogen) atoms. The van der Waals surface area contributed by atoms with Gasteiger partial charge in [0.1, 0.15) is 6.10 Å². The minimum absolute atomic E-state index is 0.0849. The summed E-state index contributed by atoms with van der Waals surface area (Å²) in [5.41, 5.74) is -2.88. The van der Waals surface area contributed by atoms with Gasteiger partial charge in [0.2, 0.25) is 5.60 Å². The Labute approximate surface area is 245 Å². The highest BCUT2D eigenvalue weighted by Crippen LogP contribution is 2.44. The summed E-state index contributed by atoms with van der Waals surface area (Å²) in [6.07, 6.45) is -3.37. The zero-order valence-electron chi connectivity index (χ0n) is 23.3. The van der Waals surface area contributed by atoms with E-state index in [1.807, 2.05) is 6.07 Å². The van der Waals surface area contributed by atoms with Crippen LogP contribution in [0.25, 0.3) is 10.9 Å². The number of nitro groups is 1. The molecule has 0 radical (unpaired) electrons. The average Bonchev–Trinajstić information content (AvgIpc) is 3.32. The second-order valence-electron chi connectivity index (χ2n) is 10.6. The molecule has 12 heteroatoms. The molecule has 0 spiro atoms. The molecule has 1 atom stereocenters. The number of esters is 1. The van der Waals surface area contributed by atoms with Crippen LogP contribution < -0.4 is 9.47 Å². The van der Waals surface area contributed by atoms with Gasteiger partial charge in [-0.25, -0.2) is 0 Å². The summed E-state index contributed by atoms with van der Waals surface area (Å²) < 4.78 is 57.0. The van der Waals surface area contributed by atoms with E-state index in [1.54, 1.807) is 48.5 Å². The van der Waals surface area contributed by atoms with Crippen LogP contribution in [0.15, 0.2) is 79.0 Å². The fourth-order valence-electron chi connectivity index (χ4n) is 5.44. The van der Waals surface area contributed by atoms with Crippen molar-refractivity contribution in [2.75, 3.05) is 19.6 Å². The summed E-state index contributed by atoms with van der Waals surface area (Å²) in [6, 6.07) is 19.3. The van der Waals surface area contributed by atoms with Gasteiger partial charge in [0.25, 0.3) is 5.69 Å². The molecule has 1 N–H and O–H groups in total. The second kappa shape index (κ2) is 12.1. The molecular formula is C31H30F3N3O6. The van der Waals surface area contributed by atoms with Gasteiger partial charge in [0.05, 0.1) is 10.4 Å². The minimum atomic E-state index is -5.04. The van der Waals surface area contributed by atoms with Crippen LogP contribution >= 0.6 is 0 Å². The minimum Gasteiger partial charge on any atom is -0.486 e. The number of ether oxygens (including phenoxy) is 2. The molecule has 1 fully saturated rings. The number of β-amino-alcohol motifs (C(OH)–C–C–N with tert-alkyl or cyclic N) is 1. The first-order valence-electron chi connectivity index (χ1n) is 13.7. The number of nitro benzene ring substituents is 1. The van der Waals surface area contributed by atoms with Gasteiger partial charge < -0.3 is 19.1 Å². The van der Waals surface area contributed by atoms with Crippen LogP contribution in [0, 0.1) is 10.1 Å². The topological polar surface area (TPSA) is 107 Å². The van der Waals surface area contributed by atoms with Crippen molar-refractivity contribution in [2.45, 2.75) is 44.2 Å². The maximum atomic E-state index is 14.8. The predicted molar refractivity (Wildman–Crippen MR) is 152 cm³/mol. The van der Waals surface area contributed by atoms with Gasteiger partial charge in [-0.1, -0.05) is 42.5 Å². The van der Waals surface area contributed by atoms with Crippen LogP contribution in [0.3, 0.4) is 0 Å². The van der Waals surface area contributed by atoms with E-state index in [0.29, 0.717) is 18.6 Å². The van der Waals surface area contributed by atoms with Crippen LogP contribution in [0.1, 0.15) is 30.9 Å². The van der Waals surface area contributed by atoms with Gasteiger partial charge in [-0.15, -0.1) is 0 Å². The molecule has 0 aliphatic carbocycles. The Balaban J connectivity index is 1.40. The molecular weight excluding hydrogens is 567 g/mol. The van der Waals surface area contributed by atoms with E-state index in [0.717, 1.165) is 11.6 Å². The molecule has 4 aromatic rings. The molecule has 2 heterocycles. The first-order chi connectivity index (χ1) is 20.4. The molecule has 1 unspecified atom stereocenters. The van der Waals surface area contributed by atoms with E-state index in [-0.39, 0.29) is 53.6 Å². The third-order valence-corrected chi connectivity index (χ3v) is 7.57. The average molecular weight is 598 g/mol. The number of hydrogen-bond donors (Lipinski definition) is 1. The van der Waals surface area contributed by atoms with Crippen molar-refractivity contribution in [1.29, 1.82) is 0 Å². The Kier molecular flexibility index (Phi) is 8.43. The van der Waals surface area contributed by atoms with E-state index in [1.165, 1.54) is 34.7 Å². The smallest absolute Gasteiger partial charge is 0.422 e. The van der Waals surface area contributed by atoms with Gasteiger partial charge >= 0.3 is 12.1 Å². The number of piperidine rings is 1. The fourth-order valence-corrected chi connectivity index (χ4v) is 5.44. The van der Waals surface area contributed by atoms with Crippen LogP contribution in [0.2, 0.25) is 0 Å². The van der Waals surface area contributed by atoms with Crippen molar-refractivity contribution in [3.05, 3.63) is 100 Å². The number of non-ortho nitro benzene ring substituents is 1. The number of para-hydroxylation sites is 2. The number of carbonyl (C=O) groups is 1. The molecule has 226 valence electrons. The molecule has 9 nitrogen and oxygen atoms in total. The summed E-state index contributed by atoms with van der Waals surface area (Å²) in [4.78, 5) is 23.8. The highest BCUT2D eigenvalue weighted by atomic mass is 19.4. The van der Waals surface area contributed by atoms with Gasteiger partial charge in [0.15, 0.2) is 11.5 Å². The number of likely N-dealkylation sites (tertiary alicyclic amines) is 1. The molecule has 1 aliphatic heterocycles. The number of halogens is 3. The Morgan fingerprint density at radius 2 is 1.67 bits per heavy atom. The third kappa shape index (κ3) is 6.50. The summed E-state index contributed by atoms with van der Waals surface area (Å²) >= 11 is 0. The summed E-state index contributed by atoms with van der Waals surface area (Å²) in [7, 11) is 0. The molecule has 1 aliphatic rings. The Morgan fingerprint density at radius 3 is 2.30 bits per heavy atom. The lowest BCUT2D eigenvalue weighted by atomic mass is 9.91. The van der Waals surface area contributed by atoms with Gasteiger partial charge in [-0.05, 0) is 36.6 Å². The number of aliphatic hydroxyl groups is 1. The SMILES string of the molecule is CC(=O)Oc1ccccc1OC1CCN(CC(O)(c2cn(Cc3ccccc3)c3cc([N+](=O)[O-])ccc23)C(F)(F)F)CC1. The van der Waals surface area contributed by atoms with Gasteiger partial charge in [0, 0.05) is 62.4 Å². The predicted octanol–water partition coefficient (Wildman–Crippen LogP) is 5.82. The highest BCUT2D eigenvalue weighted by molar-refractivity contribution is 5.87. The summed E-state index contributed by atoms with van der Waals surface area (Å²) in [5, 5.41) is 23.0. The Bertz CT molecular complexity index is 1620. The molecule has 0 bridgehead atoms. The number of hydrogen-bond acceptors (Lipinski definition) is 7.